The number of hydrogen-bond donors (Lipinski definition) is 1. The van der Waals surface area contributed by atoms with E-state index in [0.29, 0.717) is 19.4 Å². The molecule has 118 valence electrons. The molecule has 0 aromatic rings. The zero-order valence-corrected chi connectivity index (χ0v) is 13.3. The van der Waals surface area contributed by atoms with Crippen molar-refractivity contribution in [2.24, 2.45) is 11.1 Å². The number of piperidine rings is 1. The second kappa shape index (κ2) is 6.29. The molecule has 0 aromatic heterocycles. The molecule has 1 aliphatic carbocycles. The fourth-order valence-electron chi connectivity index (χ4n) is 3.18. The lowest BCUT2D eigenvalue weighted by Gasteiger charge is -2.32. The second-order valence-corrected chi connectivity index (χ2v) is 9.85. The Labute approximate surface area is 121 Å². The Hall–Kier alpha value is -0.180. The summed E-state index contributed by atoms with van der Waals surface area (Å²) in [5, 5.41) is 4.40. The predicted molar refractivity (Wildman–Crippen MR) is 78.1 cm³/mol. The summed E-state index contributed by atoms with van der Waals surface area (Å²) in [6.45, 7) is 0.439. The molecule has 0 aromatic carbocycles. The molecular weight excluding hydrogens is 300 g/mol. The van der Waals surface area contributed by atoms with Gasteiger partial charge in [-0.05, 0) is 31.6 Å². The number of nitrogens with zero attached hydrogens (tertiary/aromatic N) is 1. The molecule has 6 nitrogen and oxygen atoms in total. The van der Waals surface area contributed by atoms with Gasteiger partial charge in [0.1, 0.15) is 0 Å². The van der Waals surface area contributed by atoms with E-state index in [1.165, 1.54) is 10.7 Å². The van der Waals surface area contributed by atoms with Crippen LogP contribution in [-0.4, -0.2) is 45.2 Å². The van der Waals surface area contributed by atoms with Gasteiger partial charge < -0.3 is 0 Å². The molecule has 0 amide bonds. The Kier molecular flexibility index (Phi) is 5.09. The van der Waals surface area contributed by atoms with E-state index >= 15 is 0 Å². The Morgan fingerprint density at radius 2 is 1.60 bits per heavy atom. The highest BCUT2D eigenvalue weighted by Gasteiger charge is 2.35. The van der Waals surface area contributed by atoms with Gasteiger partial charge in [0, 0.05) is 13.1 Å². The molecule has 2 rings (SSSR count). The van der Waals surface area contributed by atoms with Gasteiger partial charge >= 0.3 is 0 Å². The van der Waals surface area contributed by atoms with Crippen LogP contribution in [0.5, 0.6) is 0 Å². The quantitative estimate of drug-likeness (QED) is 0.821. The van der Waals surface area contributed by atoms with Crippen LogP contribution in [0.2, 0.25) is 0 Å². The smallest absolute Gasteiger partial charge is 0.214 e. The Morgan fingerprint density at radius 1 is 0.950 bits per heavy atom. The minimum atomic E-state index is -3.66. The van der Waals surface area contributed by atoms with Crippen molar-refractivity contribution in [3.63, 3.8) is 0 Å². The highest BCUT2D eigenvalue weighted by atomic mass is 32.2. The maximum absolute atomic E-state index is 12.4. The minimum Gasteiger partial charge on any atom is -0.228 e. The summed E-state index contributed by atoms with van der Waals surface area (Å²) >= 11 is 0. The summed E-state index contributed by atoms with van der Waals surface area (Å²) in [6, 6.07) is 0. The molecule has 2 fully saturated rings. The molecule has 1 saturated carbocycles. The maximum atomic E-state index is 12.4. The lowest BCUT2D eigenvalue weighted by atomic mass is 9.91. The topological polar surface area (TPSA) is 97.5 Å². The van der Waals surface area contributed by atoms with E-state index in [2.05, 4.69) is 0 Å². The van der Waals surface area contributed by atoms with Crippen molar-refractivity contribution < 1.29 is 16.8 Å². The standard InChI is InChI=1S/C12H24N2O4S2/c13-20(17,18)12-7-4-8-14(9-12)19(15,16)10-11-5-2-1-3-6-11/h11-12H,1-10H2,(H2,13,17,18). The Morgan fingerprint density at radius 3 is 2.20 bits per heavy atom. The first-order valence-corrected chi connectivity index (χ1v) is 10.5. The maximum Gasteiger partial charge on any atom is 0.214 e. The Bertz CT molecular complexity index is 524. The van der Waals surface area contributed by atoms with Crippen molar-refractivity contribution in [2.75, 3.05) is 18.8 Å². The van der Waals surface area contributed by atoms with Crippen molar-refractivity contribution >= 4 is 20.0 Å². The van der Waals surface area contributed by atoms with Crippen LogP contribution >= 0.6 is 0 Å². The van der Waals surface area contributed by atoms with Gasteiger partial charge in [-0.3, -0.25) is 0 Å². The summed E-state index contributed by atoms with van der Waals surface area (Å²) in [5.41, 5.74) is 0. The van der Waals surface area contributed by atoms with E-state index < -0.39 is 25.3 Å². The van der Waals surface area contributed by atoms with Gasteiger partial charge in [0.15, 0.2) is 0 Å². The first-order valence-electron chi connectivity index (χ1n) is 7.28. The number of primary sulfonamides is 1. The number of nitrogens with two attached hydrogens (primary N) is 1. The third-order valence-electron chi connectivity index (χ3n) is 4.37. The zero-order valence-electron chi connectivity index (χ0n) is 11.7. The second-order valence-electron chi connectivity index (χ2n) is 5.99. The van der Waals surface area contributed by atoms with Crippen molar-refractivity contribution in [1.82, 2.24) is 4.31 Å². The molecule has 1 unspecified atom stereocenters. The fraction of sp³-hybridized carbons (Fsp3) is 1.00. The minimum absolute atomic E-state index is 0.0217. The molecule has 0 bridgehead atoms. The van der Waals surface area contributed by atoms with Crippen molar-refractivity contribution in [3.8, 4) is 0 Å². The monoisotopic (exact) mass is 324 g/mol. The molecule has 0 radical (unpaired) electrons. The zero-order chi connectivity index (χ0) is 14.8. The molecule has 0 spiro atoms. The number of rotatable bonds is 4. The molecule has 2 aliphatic rings. The van der Waals surface area contributed by atoms with Gasteiger partial charge in [-0.15, -0.1) is 0 Å². The van der Waals surface area contributed by atoms with E-state index in [0.717, 1.165) is 25.7 Å². The first kappa shape index (κ1) is 16.2. The van der Waals surface area contributed by atoms with E-state index in [-0.39, 0.29) is 18.2 Å². The molecule has 1 heterocycles. The number of sulfonamides is 2. The van der Waals surface area contributed by atoms with Crippen LogP contribution < -0.4 is 5.14 Å². The van der Waals surface area contributed by atoms with Crippen LogP contribution in [-0.2, 0) is 20.0 Å². The normalized spacial score (nSPS) is 27.6. The summed E-state index contributed by atoms with van der Waals surface area (Å²) in [6.07, 6.45) is 6.32. The molecule has 1 saturated heterocycles. The summed E-state index contributed by atoms with van der Waals surface area (Å²) in [4.78, 5) is 0. The largest absolute Gasteiger partial charge is 0.228 e. The van der Waals surface area contributed by atoms with Crippen LogP contribution in [0, 0.1) is 5.92 Å². The summed E-state index contributed by atoms with van der Waals surface area (Å²) < 4.78 is 49.0. The lowest BCUT2D eigenvalue weighted by molar-refractivity contribution is 0.333. The molecule has 8 heteroatoms. The van der Waals surface area contributed by atoms with E-state index in [4.69, 9.17) is 5.14 Å². The third kappa shape index (κ3) is 4.16. The number of hydrogen-bond acceptors (Lipinski definition) is 4. The molecule has 1 aliphatic heterocycles. The molecule has 20 heavy (non-hydrogen) atoms. The highest BCUT2D eigenvalue weighted by Crippen LogP contribution is 2.27. The fourth-order valence-corrected chi connectivity index (χ4v) is 6.11. The van der Waals surface area contributed by atoms with E-state index in [1.54, 1.807) is 0 Å². The average molecular weight is 324 g/mol. The summed E-state index contributed by atoms with van der Waals surface area (Å²) in [7, 11) is -7.02. The van der Waals surface area contributed by atoms with Crippen LogP contribution in [0.15, 0.2) is 0 Å². The van der Waals surface area contributed by atoms with Gasteiger partial charge in [-0.25, -0.2) is 26.3 Å². The van der Waals surface area contributed by atoms with Crippen LogP contribution in [0.3, 0.4) is 0 Å². The predicted octanol–water partition coefficient (Wildman–Crippen LogP) is 0.649. The van der Waals surface area contributed by atoms with Crippen LogP contribution in [0.25, 0.3) is 0 Å². The third-order valence-corrected chi connectivity index (χ3v) is 7.70. The SMILES string of the molecule is NS(=O)(=O)C1CCCN(S(=O)(=O)CC2CCCCC2)C1. The highest BCUT2D eigenvalue weighted by molar-refractivity contribution is 7.90. The first-order chi connectivity index (χ1) is 9.29. The van der Waals surface area contributed by atoms with Gasteiger partial charge in [-0.2, -0.15) is 0 Å². The summed E-state index contributed by atoms with van der Waals surface area (Å²) in [5.74, 6) is 0.383. The van der Waals surface area contributed by atoms with Crippen molar-refractivity contribution in [1.29, 1.82) is 0 Å². The van der Waals surface area contributed by atoms with Gasteiger partial charge in [0.2, 0.25) is 20.0 Å². The molecule has 1 atom stereocenters. The lowest BCUT2D eigenvalue weighted by Crippen LogP contribution is -2.48. The van der Waals surface area contributed by atoms with Crippen molar-refractivity contribution in [3.05, 3.63) is 0 Å². The van der Waals surface area contributed by atoms with Gasteiger partial charge in [-0.1, -0.05) is 19.3 Å². The van der Waals surface area contributed by atoms with Gasteiger partial charge in [0.25, 0.3) is 0 Å². The van der Waals surface area contributed by atoms with E-state index in [1.807, 2.05) is 0 Å². The molecular formula is C12H24N2O4S2. The van der Waals surface area contributed by atoms with Crippen LogP contribution in [0.1, 0.15) is 44.9 Å². The van der Waals surface area contributed by atoms with Gasteiger partial charge in [0.05, 0.1) is 11.0 Å². The Balaban J connectivity index is 2.01. The van der Waals surface area contributed by atoms with Crippen LogP contribution in [0.4, 0.5) is 0 Å². The molecule has 2 N–H and O–H groups in total. The van der Waals surface area contributed by atoms with Crippen molar-refractivity contribution in [2.45, 2.75) is 50.2 Å². The van der Waals surface area contributed by atoms with E-state index in [9.17, 15) is 16.8 Å². The average Bonchev–Trinajstić information content (AvgIpc) is 2.38.